The first-order chi connectivity index (χ1) is 14.2. The maximum atomic E-state index is 4.95. The lowest BCUT2D eigenvalue weighted by Gasteiger charge is -2.58. The summed E-state index contributed by atoms with van der Waals surface area (Å²) in [5.41, 5.74) is 3.81. The van der Waals surface area contributed by atoms with Gasteiger partial charge >= 0.3 is 0 Å². The highest BCUT2D eigenvalue weighted by Crippen LogP contribution is 2.55. The zero-order valence-electron chi connectivity index (χ0n) is 17.6. The van der Waals surface area contributed by atoms with Crippen LogP contribution >= 0.6 is 11.3 Å². The van der Waals surface area contributed by atoms with Crippen LogP contribution in [0.25, 0.3) is 10.6 Å². The number of thiazole rings is 1. The Morgan fingerprint density at radius 2 is 1.69 bits per heavy atom. The maximum absolute atomic E-state index is 4.95. The zero-order valence-corrected chi connectivity index (χ0v) is 18.4. The van der Waals surface area contributed by atoms with Crippen molar-refractivity contribution >= 4 is 11.3 Å². The molecular weight excluding hydrogens is 374 g/mol. The van der Waals surface area contributed by atoms with Crippen LogP contribution in [0.4, 0.5) is 0 Å². The Hall–Kier alpha value is -1.23. The van der Waals surface area contributed by atoms with Gasteiger partial charge < -0.3 is 0 Å². The number of benzene rings is 1. The SMILES string of the molecule is Cc1cccc(-c2nc(CN3CCN(C4C5CC6CC(C5)CC4C6)CC3)cs2)c1. The summed E-state index contributed by atoms with van der Waals surface area (Å²) in [6.07, 6.45) is 7.72. The van der Waals surface area contributed by atoms with E-state index in [4.69, 9.17) is 4.98 Å². The fourth-order valence-corrected chi connectivity index (χ4v) is 8.04. The highest BCUT2D eigenvalue weighted by Gasteiger charge is 2.50. The average molecular weight is 408 g/mol. The maximum Gasteiger partial charge on any atom is 0.123 e. The van der Waals surface area contributed by atoms with E-state index in [2.05, 4.69) is 46.4 Å². The summed E-state index contributed by atoms with van der Waals surface area (Å²) in [5, 5.41) is 3.43. The molecule has 0 radical (unpaired) electrons. The molecule has 1 aliphatic heterocycles. The van der Waals surface area contributed by atoms with Crippen LogP contribution in [0, 0.1) is 30.6 Å². The van der Waals surface area contributed by atoms with Crippen LogP contribution in [0.5, 0.6) is 0 Å². The summed E-state index contributed by atoms with van der Waals surface area (Å²) < 4.78 is 0. The van der Waals surface area contributed by atoms with Gasteiger partial charge in [0.05, 0.1) is 5.69 Å². The molecule has 1 aromatic carbocycles. The van der Waals surface area contributed by atoms with Crippen molar-refractivity contribution in [1.82, 2.24) is 14.8 Å². The third-order valence-electron chi connectivity index (χ3n) is 8.21. The predicted octanol–water partition coefficient (Wildman–Crippen LogP) is 5.06. The number of aromatic nitrogens is 1. The van der Waals surface area contributed by atoms with E-state index in [1.807, 2.05) is 0 Å². The second kappa shape index (κ2) is 7.47. The van der Waals surface area contributed by atoms with Crippen molar-refractivity contribution in [2.24, 2.45) is 23.7 Å². The predicted molar refractivity (Wildman–Crippen MR) is 120 cm³/mol. The Kier molecular flexibility index (Phi) is 4.78. The highest BCUT2D eigenvalue weighted by molar-refractivity contribution is 7.13. The van der Waals surface area contributed by atoms with Gasteiger partial charge in [0.25, 0.3) is 0 Å². The molecule has 5 aliphatic rings. The largest absolute Gasteiger partial charge is 0.297 e. The minimum absolute atomic E-state index is 0.914. The summed E-state index contributed by atoms with van der Waals surface area (Å²) in [7, 11) is 0. The van der Waals surface area contributed by atoms with E-state index in [0.29, 0.717) is 0 Å². The zero-order chi connectivity index (χ0) is 19.4. The van der Waals surface area contributed by atoms with E-state index in [1.54, 1.807) is 43.4 Å². The molecule has 4 aliphatic carbocycles. The van der Waals surface area contributed by atoms with E-state index in [9.17, 15) is 0 Å². The summed E-state index contributed by atoms with van der Waals surface area (Å²) >= 11 is 1.79. The topological polar surface area (TPSA) is 19.4 Å². The number of piperazine rings is 1. The molecule has 2 aromatic rings. The van der Waals surface area contributed by atoms with Crippen LogP contribution in [-0.2, 0) is 6.54 Å². The van der Waals surface area contributed by atoms with Gasteiger partial charge in [-0.3, -0.25) is 9.80 Å². The molecule has 5 fully saturated rings. The molecule has 7 rings (SSSR count). The number of hydrogen-bond donors (Lipinski definition) is 0. The monoisotopic (exact) mass is 407 g/mol. The third-order valence-corrected chi connectivity index (χ3v) is 9.15. The summed E-state index contributed by atoms with van der Waals surface area (Å²) in [6, 6.07) is 9.62. The molecule has 3 nitrogen and oxygen atoms in total. The second-order valence-corrected chi connectivity index (χ2v) is 11.1. The van der Waals surface area contributed by atoms with Crippen LogP contribution in [-0.4, -0.2) is 47.0 Å². The number of nitrogens with zero attached hydrogens (tertiary/aromatic N) is 3. The molecule has 0 unspecified atom stereocenters. The van der Waals surface area contributed by atoms with Crippen molar-refractivity contribution in [3.05, 3.63) is 40.9 Å². The first-order valence-corrected chi connectivity index (χ1v) is 12.6. The Morgan fingerprint density at radius 1 is 0.966 bits per heavy atom. The molecular formula is C25H33N3S. The van der Waals surface area contributed by atoms with E-state index in [1.165, 1.54) is 43.0 Å². The summed E-state index contributed by atoms with van der Waals surface area (Å²) in [6.45, 7) is 8.11. The van der Waals surface area contributed by atoms with Crippen molar-refractivity contribution in [2.45, 2.75) is 51.6 Å². The van der Waals surface area contributed by atoms with Gasteiger partial charge in [-0.05, 0) is 68.8 Å². The first-order valence-electron chi connectivity index (χ1n) is 11.7. The molecule has 1 saturated heterocycles. The Bertz CT molecular complexity index is 838. The van der Waals surface area contributed by atoms with Crippen molar-refractivity contribution < 1.29 is 0 Å². The average Bonchev–Trinajstić information content (AvgIpc) is 3.17. The first kappa shape index (κ1) is 18.5. The van der Waals surface area contributed by atoms with Crippen LogP contribution in [0.15, 0.2) is 29.6 Å². The Morgan fingerprint density at radius 3 is 2.38 bits per heavy atom. The van der Waals surface area contributed by atoms with Gasteiger partial charge in [0.1, 0.15) is 5.01 Å². The molecule has 0 N–H and O–H groups in total. The standard InChI is InChI=1S/C25H33N3S/c1-17-3-2-4-20(9-17)25-26-23(16-29-25)15-27-5-7-28(8-6-27)24-21-11-18-10-19(13-21)14-22(24)12-18/h2-4,9,16,18-19,21-22,24H,5-8,10-15H2,1H3. The molecule has 0 spiro atoms. The molecule has 0 atom stereocenters. The van der Waals surface area contributed by atoms with Gasteiger partial charge in [-0.15, -0.1) is 11.3 Å². The fraction of sp³-hybridized carbons (Fsp3) is 0.640. The lowest BCUT2D eigenvalue weighted by Crippen LogP contribution is -2.60. The normalized spacial score (nSPS) is 34.7. The minimum Gasteiger partial charge on any atom is -0.297 e. The highest BCUT2D eigenvalue weighted by atomic mass is 32.1. The second-order valence-electron chi connectivity index (χ2n) is 10.2. The van der Waals surface area contributed by atoms with Gasteiger partial charge in [0.2, 0.25) is 0 Å². The van der Waals surface area contributed by atoms with Gasteiger partial charge in [-0.1, -0.05) is 23.8 Å². The summed E-state index contributed by atoms with van der Waals surface area (Å²) in [5.74, 6) is 4.21. The van der Waals surface area contributed by atoms with Crippen molar-refractivity contribution in [3.63, 3.8) is 0 Å². The van der Waals surface area contributed by atoms with Gasteiger partial charge in [0, 0.05) is 49.7 Å². The fourth-order valence-electron chi connectivity index (χ4n) is 7.23. The van der Waals surface area contributed by atoms with E-state index < -0.39 is 0 Å². The Balaban J connectivity index is 1.07. The molecule has 4 bridgehead atoms. The van der Waals surface area contributed by atoms with Crippen molar-refractivity contribution in [1.29, 1.82) is 0 Å². The molecule has 29 heavy (non-hydrogen) atoms. The molecule has 1 aromatic heterocycles. The van der Waals surface area contributed by atoms with Crippen LogP contribution in [0.3, 0.4) is 0 Å². The van der Waals surface area contributed by atoms with E-state index in [-0.39, 0.29) is 0 Å². The quantitative estimate of drug-likeness (QED) is 0.706. The van der Waals surface area contributed by atoms with E-state index >= 15 is 0 Å². The lowest BCUT2D eigenvalue weighted by molar-refractivity contribution is -0.0769. The molecule has 0 amide bonds. The number of rotatable bonds is 4. The third kappa shape index (κ3) is 3.58. The van der Waals surface area contributed by atoms with Crippen LogP contribution in [0.2, 0.25) is 0 Å². The molecule has 4 saturated carbocycles. The van der Waals surface area contributed by atoms with Crippen LogP contribution in [0.1, 0.15) is 43.4 Å². The van der Waals surface area contributed by atoms with Crippen LogP contribution < -0.4 is 0 Å². The van der Waals surface area contributed by atoms with Crippen molar-refractivity contribution in [3.8, 4) is 10.6 Å². The van der Waals surface area contributed by atoms with Gasteiger partial charge in [-0.2, -0.15) is 0 Å². The molecule has 2 heterocycles. The lowest BCUT2D eigenvalue weighted by atomic mass is 9.54. The van der Waals surface area contributed by atoms with Gasteiger partial charge in [0.15, 0.2) is 0 Å². The molecule has 4 heteroatoms. The number of aryl methyl sites for hydroxylation is 1. The molecule has 154 valence electrons. The van der Waals surface area contributed by atoms with Gasteiger partial charge in [-0.25, -0.2) is 4.98 Å². The smallest absolute Gasteiger partial charge is 0.123 e. The Labute approximate surface area is 179 Å². The number of hydrogen-bond acceptors (Lipinski definition) is 4. The van der Waals surface area contributed by atoms with E-state index in [0.717, 1.165) is 41.3 Å². The minimum atomic E-state index is 0.914. The summed E-state index contributed by atoms with van der Waals surface area (Å²) in [4.78, 5) is 10.5. The van der Waals surface area contributed by atoms with Crippen molar-refractivity contribution in [2.75, 3.05) is 26.2 Å².